The normalized spacial score (nSPS) is 10.5. The van der Waals surface area contributed by atoms with E-state index in [0.717, 1.165) is 11.1 Å². The van der Waals surface area contributed by atoms with Gasteiger partial charge in [0.1, 0.15) is 11.6 Å². The minimum atomic E-state index is -0.225. The number of benzene rings is 1. The highest BCUT2D eigenvalue weighted by atomic mass is 16.1. The average molecular weight is 252 g/mol. The van der Waals surface area contributed by atoms with Crippen LogP contribution in [0.3, 0.4) is 0 Å². The summed E-state index contributed by atoms with van der Waals surface area (Å²) in [6.45, 7) is 5.84. The fraction of sp³-hybridized carbons (Fsp3) is 0.250. The van der Waals surface area contributed by atoms with Crippen molar-refractivity contribution in [3.8, 4) is 17.2 Å². The van der Waals surface area contributed by atoms with E-state index < -0.39 is 0 Å². The van der Waals surface area contributed by atoms with Crippen LogP contribution in [0.5, 0.6) is 0 Å². The molecule has 0 spiro atoms. The van der Waals surface area contributed by atoms with Gasteiger partial charge in [-0.25, -0.2) is 0 Å². The first-order chi connectivity index (χ1) is 9.04. The van der Waals surface area contributed by atoms with Gasteiger partial charge in [0.15, 0.2) is 0 Å². The van der Waals surface area contributed by atoms with Crippen molar-refractivity contribution in [3.05, 3.63) is 58.0 Å². The van der Waals surface area contributed by atoms with Gasteiger partial charge in [0.25, 0.3) is 5.56 Å². The van der Waals surface area contributed by atoms with E-state index in [-0.39, 0.29) is 17.2 Å². The largest absolute Gasteiger partial charge is 0.312 e. The molecule has 0 amide bonds. The summed E-state index contributed by atoms with van der Waals surface area (Å²) >= 11 is 0. The number of rotatable bonds is 2. The Kier molecular flexibility index (Phi) is 3.52. The quantitative estimate of drug-likeness (QED) is 0.823. The van der Waals surface area contributed by atoms with Crippen LogP contribution in [-0.2, 0) is 0 Å². The van der Waals surface area contributed by atoms with E-state index in [1.165, 1.54) is 0 Å². The number of nitriles is 1. The van der Waals surface area contributed by atoms with Crippen molar-refractivity contribution in [1.29, 1.82) is 5.26 Å². The summed E-state index contributed by atoms with van der Waals surface area (Å²) in [7, 11) is 0. The molecule has 2 rings (SSSR count). The van der Waals surface area contributed by atoms with Crippen molar-refractivity contribution in [2.75, 3.05) is 0 Å². The Labute approximate surface area is 112 Å². The van der Waals surface area contributed by atoms with E-state index in [2.05, 4.69) is 0 Å². The number of hydrogen-bond acceptors (Lipinski definition) is 2. The summed E-state index contributed by atoms with van der Waals surface area (Å²) in [5.74, 6) is 0. The van der Waals surface area contributed by atoms with Crippen molar-refractivity contribution in [1.82, 2.24) is 4.57 Å². The van der Waals surface area contributed by atoms with Crippen LogP contribution in [0.15, 0.2) is 41.3 Å². The fourth-order valence-corrected chi connectivity index (χ4v) is 2.12. The van der Waals surface area contributed by atoms with E-state index in [1.54, 1.807) is 10.8 Å². The summed E-state index contributed by atoms with van der Waals surface area (Å²) in [5, 5.41) is 9.27. The van der Waals surface area contributed by atoms with Crippen LogP contribution in [-0.4, -0.2) is 4.57 Å². The zero-order chi connectivity index (χ0) is 14.0. The van der Waals surface area contributed by atoms with Crippen molar-refractivity contribution in [2.45, 2.75) is 26.8 Å². The van der Waals surface area contributed by atoms with E-state index in [1.807, 2.05) is 57.2 Å². The van der Waals surface area contributed by atoms with Crippen LogP contribution in [0, 0.1) is 18.3 Å². The monoisotopic (exact) mass is 252 g/mol. The summed E-state index contributed by atoms with van der Waals surface area (Å²) in [6.07, 6.45) is 1.76. The van der Waals surface area contributed by atoms with Crippen LogP contribution in [0.1, 0.15) is 31.0 Å². The zero-order valence-electron chi connectivity index (χ0n) is 11.3. The molecule has 96 valence electrons. The number of hydrogen-bond donors (Lipinski definition) is 0. The molecule has 0 saturated carbocycles. The number of aromatic nitrogens is 1. The zero-order valence-corrected chi connectivity index (χ0v) is 11.3. The lowest BCUT2D eigenvalue weighted by molar-refractivity contribution is 0.577. The second-order valence-corrected chi connectivity index (χ2v) is 4.89. The lowest BCUT2D eigenvalue weighted by Crippen LogP contribution is -2.24. The Morgan fingerprint density at radius 2 is 2.00 bits per heavy atom. The lowest BCUT2D eigenvalue weighted by Gasteiger charge is -2.12. The first kappa shape index (κ1) is 13.1. The van der Waals surface area contributed by atoms with Crippen molar-refractivity contribution >= 4 is 0 Å². The van der Waals surface area contributed by atoms with Gasteiger partial charge < -0.3 is 4.57 Å². The fourth-order valence-electron chi connectivity index (χ4n) is 2.12. The van der Waals surface area contributed by atoms with Gasteiger partial charge in [0.05, 0.1) is 0 Å². The molecule has 0 N–H and O–H groups in total. The van der Waals surface area contributed by atoms with E-state index in [4.69, 9.17) is 0 Å². The maximum atomic E-state index is 12.3. The smallest absolute Gasteiger partial charge is 0.269 e. The topological polar surface area (TPSA) is 45.8 Å². The average Bonchev–Trinajstić information content (AvgIpc) is 2.37. The van der Waals surface area contributed by atoms with Crippen LogP contribution in [0.4, 0.5) is 0 Å². The Balaban J connectivity index is 2.70. The molecule has 0 atom stereocenters. The number of nitrogens with zero attached hydrogens (tertiary/aromatic N) is 2. The van der Waals surface area contributed by atoms with Gasteiger partial charge in [-0.05, 0) is 32.4 Å². The van der Waals surface area contributed by atoms with E-state index in [9.17, 15) is 10.1 Å². The molecule has 3 nitrogen and oxygen atoms in total. The maximum Gasteiger partial charge on any atom is 0.269 e. The molecule has 0 aliphatic carbocycles. The molecule has 0 bridgehead atoms. The molecular weight excluding hydrogens is 236 g/mol. The van der Waals surface area contributed by atoms with Crippen LogP contribution in [0.2, 0.25) is 0 Å². The van der Waals surface area contributed by atoms with Crippen LogP contribution < -0.4 is 5.56 Å². The third-order valence-corrected chi connectivity index (χ3v) is 3.12. The molecule has 0 fully saturated rings. The van der Waals surface area contributed by atoms with Gasteiger partial charge in [-0.1, -0.05) is 29.8 Å². The first-order valence-electron chi connectivity index (χ1n) is 6.27. The Morgan fingerprint density at radius 3 is 2.58 bits per heavy atom. The molecular formula is C16H16N2O. The highest BCUT2D eigenvalue weighted by molar-refractivity contribution is 5.70. The third kappa shape index (κ3) is 2.43. The van der Waals surface area contributed by atoms with Crippen molar-refractivity contribution in [3.63, 3.8) is 0 Å². The molecule has 19 heavy (non-hydrogen) atoms. The molecule has 3 heteroatoms. The molecule has 1 aromatic carbocycles. The second kappa shape index (κ2) is 5.11. The van der Waals surface area contributed by atoms with E-state index >= 15 is 0 Å². The summed E-state index contributed by atoms with van der Waals surface area (Å²) < 4.78 is 1.58. The minimum Gasteiger partial charge on any atom is -0.312 e. The van der Waals surface area contributed by atoms with Gasteiger partial charge in [0, 0.05) is 17.8 Å². The van der Waals surface area contributed by atoms with Crippen LogP contribution in [0.25, 0.3) is 11.1 Å². The molecule has 0 saturated heterocycles. The Morgan fingerprint density at radius 1 is 1.26 bits per heavy atom. The molecule has 0 radical (unpaired) electrons. The van der Waals surface area contributed by atoms with Crippen LogP contribution >= 0.6 is 0 Å². The van der Waals surface area contributed by atoms with Crippen molar-refractivity contribution in [2.24, 2.45) is 0 Å². The predicted molar refractivity (Wildman–Crippen MR) is 76.0 cm³/mol. The Hall–Kier alpha value is -2.34. The molecule has 1 aromatic heterocycles. The highest BCUT2D eigenvalue weighted by Gasteiger charge is 2.12. The van der Waals surface area contributed by atoms with E-state index in [0.29, 0.717) is 5.56 Å². The van der Waals surface area contributed by atoms with Gasteiger partial charge in [-0.15, -0.1) is 0 Å². The standard InChI is InChI=1S/C16H16N2O/c1-11(2)18-8-7-14(15(10-17)16(18)19)13-6-4-5-12(3)9-13/h4-9,11H,1-3H3. The molecule has 0 aliphatic heterocycles. The maximum absolute atomic E-state index is 12.3. The van der Waals surface area contributed by atoms with Gasteiger partial charge in [0.2, 0.25) is 0 Å². The molecule has 0 unspecified atom stereocenters. The third-order valence-electron chi connectivity index (χ3n) is 3.12. The van der Waals surface area contributed by atoms with Gasteiger partial charge in [-0.2, -0.15) is 5.26 Å². The minimum absolute atomic E-state index is 0.0474. The predicted octanol–water partition coefficient (Wildman–Crippen LogP) is 3.28. The number of pyridine rings is 1. The summed E-state index contributed by atoms with van der Waals surface area (Å²) in [4.78, 5) is 12.3. The van der Waals surface area contributed by atoms with Crippen molar-refractivity contribution < 1.29 is 0 Å². The first-order valence-corrected chi connectivity index (χ1v) is 6.27. The van der Waals surface area contributed by atoms with Gasteiger partial charge >= 0.3 is 0 Å². The molecule has 2 aromatic rings. The van der Waals surface area contributed by atoms with Gasteiger partial charge in [-0.3, -0.25) is 4.79 Å². The summed E-state index contributed by atoms with van der Waals surface area (Å²) in [6, 6.07) is 11.8. The lowest BCUT2D eigenvalue weighted by atomic mass is 10.0. The SMILES string of the molecule is Cc1cccc(-c2ccn(C(C)C)c(=O)c2C#N)c1. The molecule has 1 heterocycles. The Bertz CT molecular complexity index is 705. The second-order valence-electron chi connectivity index (χ2n) is 4.89. The highest BCUT2D eigenvalue weighted by Crippen LogP contribution is 2.22. The molecule has 0 aliphatic rings. The number of aryl methyl sites for hydroxylation is 1. The summed E-state index contributed by atoms with van der Waals surface area (Å²) in [5.41, 5.74) is 2.70.